The van der Waals surface area contributed by atoms with Crippen molar-refractivity contribution in [3.05, 3.63) is 70.3 Å². The second-order valence-corrected chi connectivity index (χ2v) is 11.4. The van der Waals surface area contributed by atoms with Crippen LogP contribution in [-0.4, -0.2) is 62.0 Å². The van der Waals surface area contributed by atoms with Gasteiger partial charge < -0.3 is 10.0 Å². The van der Waals surface area contributed by atoms with Gasteiger partial charge in [0.05, 0.1) is 14.0 Å². The molecular formula is C21H22N4O4S2. The van der Waals surface area contributed by atoms with Crippen LogP contribution in [0.1, 0.15) is 15.9 Å². The predicted octanol–water partition coefficient (Wildman–Crippen LogP) is 1.45. The van der Waals surface area contributed by atoms with Crippen LogP contribution in [0.3, 0.4) is 0 Å². The number of aromatic carboxylic acids is 1. The van der Waals surface area contributed by atoms with Crippen LogP contribution in [-0.2, 0) is 26.2 Å². The van der Waals surface area contributed by atoms with E-state index in [1.807, 2.05) is 18.2 Å². The minimum Gasteiger partial charge on any atom is -0.477 e. The number of aromatic nitrogens is 2. The lowest BCUT2D eigenvalue weighted by Gasteiger charge is -2.36. The van der Waals surface area contributed by atoms with Crippen molar-refractivity contribution in [3.8, 4) is 0 Å². The highest BCUT2D eigenvalue weighted by atomic mass is 32.8. The molecule has 1 N–H and O–H groups in total. The second kappa shape index (κ2) is 8.37. The number of fused-ring (bicyclic) bond motifs is 1. The van der Waals surface area contributed by atoms with Crippen LogP contribution in [0.4, 0.5) is 5.69 Å². The topological polar surface area (TPSA) is 95.2 Å². The Morgan fingerprint density at radius 1 is 1.19 bits per heavy atom. The number of piperazine rings is 1. The van der Waals surface area contributed by atoms with Gasteiger partial charge in [-0.25, -0.2) is 9.78 Å². The van der Waals surface area contributed by atoms with Gasteiger partial charge in [0.15, 0.2) is 0 Å². The van der Waals surface area contributed by atoms with Crippen molar-refractivity contribution >= 4 is 36.9 Å². The molecule has 1 aliphatic rings. The fraction of sp³-hybridized carbons (Fsp3) is 0.286. The highest BCUT2D eigenvalue weighted by Crippen LogP contribution is 2.21. The van der Waals surface area contributed by atoms with E-state index in [0.29, 0.717) is 17.1 Å². The highest BCUT2D eigenvalue weighted by Gasteiger charge is 2.21. The van der Waals surface area contributed by atoms with Crippen LogP contribution < -0.4 is 10.5 Å². The minimum atomic E-state index is -2.54. The molecule has 8 nitrogen and oxygen atoms in total. The summed E-state index contributed by atoms with van der Waals surface area (Å²) in [7, 11) is -2.54. The number of nitrogens with zero attached hydrogens (tertiary/aromatic N) is 4. The Balaban J connectivity index is 1.54. The molecule has 4 rings (SSSR count). The molecule has 3 aromatic rings. The Kier molecular flexibility index (Phi) is 5.78. The van der Waals surface area contributed by atoms with E-state index in [4.69, 9.17) is 11.2 Å². The number of carboxylic acid groups (broad SMARTS) is 1. The zero-order valence-electron chi connectivity index (χ0n) is 16.9. The van der Waals surface area contributed by atoms with Crippen molar-refractivity contribution in [2.45, 2.75) is 11.6 Å². The van der Waals surface area contributed by atoms with Crippen molar-refractivity contribution in [1.29, 1.82) is 0 Å². The maximum atomic E-state index is 12.4. The van der Waals surface area contributed by atoms with Crippen molar-refractivity contribution in [3.63, 3.8) is 0 Å². The molecule has 1 aliphatic heterocycles. The number of anilines is 1. The molecule has 0 aliphatic carbocycles. The van der Waals surface area contributed by atoms with E-state index >= 15 is 0 Å². The summed E-state index contributed by atoms with van der Waals surface area (Å²) in [6.45, 7) is 3.56. The van der Waals surface area contributed by atoms with E-state index in [-0.39, 0.29) is 5.56 Å². The summed E-state index contributed by atoms with van der Waals surface area (Å²) in [5.41, 5.74) is 1.69. The fourth-order valence-electron chi connectivity index (χ4n) is 3.80. The molecule has 1 atom stereocenters. The SMILES string of the molecule is CS(=O)(=S)c1cc(N2CCN(Cc3cc(C(=O)O)c(=O)n4ccccc34)CC2)ccn1. The Hall–Kier alpha value is -2.82. The first-order chi connectivity index (χ1) is 14.7. The lowest BCUT2D eigenvalue weighted by atomic mass is 10.1. The molecule has 0 saturated carbocycles. The normalized spacial score (nSPS) is 16.9. The quantitative estimate of drug-likeness (QED) is 0.614. The van der Waals surface area contributed by atoms with Crippen molar-refractivity contribution in [1.82, 2.24) is 14.3 Å². The van der Waals surface area contributed by atoms with Crippen LogP contribution in [0.2, 0.25) is 0 Å². The average Bonchev–Trinajstić information content (AvgIpc) is 2.75. The third-order valence-corrected chi connectivity index (χ3v) is 6.91. The van der Waals surface area contributed by atoms with Crippen LogP contribution in [0, 0.1) is 0 Å². The number of pyridine rings is 3. The molecule has 4 heterocycles. The molecule has 1 saturated heterocycles. The largest absolute Gasteiger partial charge is 0.477 e. The van der Waals surface area contributed by atoms with Crippen LogP contribution >= 0.6 is 0 Å². The van der Waals surface area contributed by atoms with E-state index in [1.165, 1.54) is 16.7 Å². The summed E-state index contributed by atoms with van der Waals surface area (Å²) in [5, 5.41) is 9.85. The third-order valence-electron chi connectivity index (χ3n) is 5.42. The van der Waals surface area contributed by atoms with Crippen LogP contribution in [0.25, 0.3) is 5.52 Å². The van der Waals surface area contributed by atoms with Crippen molar-refractivity contribution < 1.29 is 14.1 Å². The summed E-state index contributed by atoms with van der Waals surface area (Å²) in [6.07, 6.45) is 4.73. The lowest BCUT2D eigenvalue weighted by molar-refractivity contribution is 0.0694. The molecule has 1 fully saturated rings. The number of carbonyl (C=O) groups is 1. The lowest BCUT2D eigenvalue weighted by Crippen LogP contribution is -2.46. The Morgan fingerprint density at radius 3 is 2.61 bits per heavy atom. The molecule has 31 heavy (non-hydrogen) atoms. The molecule has 10 heteroatoms. The van der Waals surface area contributed by atoms with Gasteiger partial charge in [0.2, 0.25) is 0 Å². The molecular weight excluding hydrogens is 436 g/mol. The van der Waals surface area contributed by atoms with E-state index in [0.717, 1.165) is 37.4 Å². The molecule has 0 aromatic carbocycles. The zero-order valence-corrected chi connectivity index (χ0v) is 18.6. The third kappa shape index (κ3) is 4.46. The van der Waals surface area contributed by atoms with E-state index in [2.05, 4.69) is 14.8 Å². The molecule has 0 bridgehead atoms. The first kappa shape index (κ1) is 21.4. The van der Waals surface area contributed by atoms with Gasteiger partial charge >= 0.3 is 5.97 Å². The number of hydrogen-bond donors (Lipinski definition) is 1. The smallest absolute Gasteiger partial charge is 0.341 e. The Morgan fingerprint density at radius 2 is 1.94 bits per heavy atom. The van der Waals surface area contributed by atoms with E-state index in [9.17, 15) is 18.9 Å². The Bertz CT molecular complexity index is 1310. The molecule has 1 unspecified atom stereocenters. The number of rotatable bonds is 5. The van der Waals surface area contributed by atoms with Gasteiger partial charge in [0.25, 0.3) is 5.56 Å². The van der Waals surface area contributed by atoms with Crippen molar-refractivity contribution in [2.75, 3.05) is 37.3 Å². The maximum Gasteiger partial charge on any atom is 0.341 e. The standard InChI is InChI=1S/C21H22N4O4S2/c1-31(29,30)19-13-16(5-6-22-19)24-10-8-23(9-11-24)14-15-12-17(21(27)28)20(26)25-7-3-2-4-18(15)25/h2-7,12-13H,8-11,14H2,1H3,(H,27,28). The summed E-state index contributed by atoms with van der Waals surface area (Å²) in [6, 6.07) is 10.5. The highest BCUT2D eigenvalue weighted by molar-refractivity contribution is 8.32. The summed E-state index contributed by atoms with van der Waals surface area (Å²) in [5.74, 6) is -1.22. The summed E-state index contributed by atoms with van der Waals surface area (Å²) in [4.78, 5) is 32.5. The molecule has 162 valence electrons. The summed E-state index contributed by atoms with van der Waals surface area (Å²) >= 11 is 5.05. The molecule has 0 spiro atoms. The predicted molar refractivity (Wildman–Crippen MR) is 122 cm³/mol. The number of hydrogen-bond acceptors (Lipinski definition) is 7. The Labute approximate surface area is 184 Å². The zero-order chi connectivity index (χ0) is 22.2. The summed E-state index contributed by atoms with van der Waals surface area (Å²) < 4.78 is 13.5. The first-order valence-corrected chi connectivity index (χ1v) is 12.6. The monoisotopic (exact) mass is 458 g/mol. The van der Waals surface area contributed by atoms with E-state index in [1.54, 1.807) is 24.5 Å². The van der Waals surface area contributed by atoms with Gasteiger partial charge in [0.1, 0.15) is 10.6 Å². The van der Waals surface area contributed by atoms with Gasteiger partial charge in [-0.05, 0) is 47.1 Å². The molecule has 3 aromatic heterocycles. The van der Waals surface area contributed by atoms with Gasteiger partial charge in [-0.15, -0.1) is 0 Å². The molecule has 0 radical (unpaired) electrons. The second-order valence-electron chi connectivity index (χ2n) is 7.54. The van der Waals surface area contributed by atoms with E-state index < -0.39 is 20.0 Å². The van der Waals surface area contributed by atoms with Gasteiger partial charge in [-0.2, -0.15) is 0 Å². The van der Waals surface area contributed by atoms with Crippen LogP contribution in [0.15, 0.2) is 58.6 Å². The van der Waals surface area contributed by atoms with Crippen LogP contribution in [0.5, 0.6) is 0 Å². The first-order valence-electron chi connectivity index (χ1n) is 9.74. The molecule has 0 amide bonds. The van der Waals surface area contributed by atoms with Gasteiger partial charge in [0, 0.05) is 57.1 Å². The average molecular weight is 459 g/mol. The van der Waals surface area contributed by atoms with Gasteiger partial charge in [-0.3, -0.25) is 18.3 Å². The maximum absolute atomic E-state index is 12.4. The fourth-order valence-corrected chi connectivity index (χ4v) is 4.67. The van der Waals surface area contributed by atoms with Crippen molar-refractivity contribution in [2.24, 2.45) is 0 Å². The number of carboxylic acids is 1. The minimum absolute atomic E-state index is 0.228. The van der Waals surface area contributed by atoms with Gasteiger partial charge in [-0.1, -0.05) is 6.07 Å².